The summed E-state index contributed by atoms with van der Waals surface area (Å²) in [5.41, 5.74) is 3.83. The number of hydrogen-bond donors (Lipinski definition) is 3. The van der Waals surface area contributed by atoms with Crippen molar-refractivity contribution in [2.75, 3.05) is 13.2 Å². The summed E-state index contributed by atoms with van der Waals surface area (Å²) < 4.78 is 10.8. The van der Waals surface area contributed by atoms with E-state index in [9.17, 15) is 19.5 Å². The van der Waals surface area contributed by atoms with Crippen LogP contribution < -0.4 is 10.6 Å². The lowest BCUT2D eigenvalue weighted by Gasteiger charge is -2.31. The van der Waals surface area contributed by atoms with Gasteiger partial charge in [-0.15, -0.1) is 0 Å². The van der Waals surface area contributed by atoms with Gasteiger partial charge in [0.1, 0.15) is 12.6 Å². The van der Waals surface area contributed by atoms with Crippen LogP contribution in [0.5, 0.6) is 0 Å². The van der Waals surface area contributed by atoms with E-state index in [-0.39, 0.29) is 19.1 Å². The van der Waals surface area contributed by atoms with Gasteiger partial charge in [-0.2, -0.15) is 0 Å². The molecule has 3 N–H and O–H groups in total. The second-order valence-electron chi connectivity index (χ2n) is 9.80. The molecule has 4 rings (SSSR count). The van der Waals surface area contributed by atoms with Crippen molar-refractivity contribution in [1.82, 2.24) is 10.6 Å². The molecule has 2 amide bonds. The molecular formula is C26H30N2O6. The first-order chi connectivity index (χ1) is 16.2. The van der Waals surface area contributed by atoms with Crippen LogP contribution in [-0.2, 0) is 19.1 Å². The minimum Gasteiger partial charge on any atom is -0.479 e. The standard InChI is InChI=1S/C26H30N2O6/c1-26(2,3)22(23(29)27-20-12-13-33-21(20)24(30)31)28-25(32)34-14-19-17-10-6-4-8-15(17)16-9-5-7-11-18(16)19/h4-11,19-22H,12-14H2,1-3H3,(H,27,29)(H,28,32)(H,30,31)/t20?,21?,22-/m1/s1. The molecule has 1 aliphatic carbocycles. The Morgan fingerprint density at radius 1 is 1.06 bits per heavy atom. The lowest BCUT2D eigenvalue weighted by molar-refractivity contribution is -0.148. The van der Waals surface area contributed by atoms with Gasteiger partial charge in [0, 0.05) is 12.5 Å². The Labute approximate surface area is 198 Å². The van der Waals surface area contributed by atoms with E-state index < -0.39 is 41.6 Å². The summed E-state index contributed by atoms with van der Waals surface area (Å²) in [7, 11) is 0. The Morgan fingerprint density at radius 2 is 1.65 bits per heavy atom. The van der Waals surface area contributed by atoms with E-state index in [0.717, 1.165) is 22.3 Å². The van der Waals surface area contributed by atoms with Crippen LogP contribution in [0.15, 0.2) is 48.5 Å². The molecule has 180 valence electrons. The molecule has 2 unspecified atom stereocenters. The fourth-order valence-corrected chi connectivity index (χ4v) is 4.68. The van der Waals surface area contributed by atoms with Crippen LogP contribution in [0.1, 0.15) is 44.2 Å². The Morgan fingerprint density at radius 3 is 2.21 bits per heavy atom. The van der Waals surface area contributed by atoms with Gasteiger partial charge < -0.3 is 25.2 Å². The normalized spacial score (nSPS) is 20.2. The maximum Gasteiger partial charge on any atom is 0.407 e. The molecule has 0 saturated carbocycles. The Kier molecular flexibility index (Phi) is 6.61. The van der Waals surface area contributed by atoms with Gasteiger partial charge in [-0.25, -0.2) is 9.59 Å². The molecule has 3 atom stereocenters. The van der Waals surface area contributed by atoms with Gasteiger partial charge in [0.05, 0.1) is 6.04 Å². The van der Waals surface area contributed by atoms with Gasteiger partial charge in [-0.05, 0) is 34.1 Å². The summed E-state index contributed by atoms with van der Waals surface area (Å²) in [6.45, 7) is 5.85. The highest BCUT2D eigenvalue weighted by molar-refractivity contribution is 5.87. The second kappa shape index (κ2) is 9.46. The first-order valence-electron chi connectivity index (χ1n) is 11.4. The van der Waals surface area contributed by atoms with Crippen LogP contribution in [0.4, 0.5) is 4.79 Å². The third-order valence-electron chi connectivity index (χ3n) is 6.40. The maximum atomic E-state index is 13.0. The number of carbonyl (C=O) groups is 3. The Bertz CT molecular complexity index is 1050. The lowest BCUT2D eigenvalue weighted by Crippen LogP contribution is -2.57. The molecule has 2 aromatic rings. The number of ether oxygens (including phenoxy) is 2. The number of benzene rings is 2. The first kappa shape index (κ1) is 23.8. The Hall–Kier alpha value is -3.39. The van der Waals surface area contributed by atoms with Crippen molar-refractivity contribution < 1.29 is 29.0 Å². The molecule has 1 fully saturated rings. The van der Waals surface area contributed by atoms with E-state index in [2.05, 4.69) is 22.8 Å². The number of alkyl carbamates (subject to hydrolysis) is 1. The predicted molar refractivity (Wildman–Crippen MR) is 125 cm³/mol. The highest BCUT2D eigenvalue weighted by Crippen LogP contribution is 2.44. The van der Waals surface area contributed by atoms with E-state index >= 15 is 0 Å². The van der Waals surface area contributed by atoms with E-state index in [1.54, 1.807) is 0 Å². The number of fused-ring (bicyclic) bond motifs is 3. The largest absolute Gasteiger partial charge is 0.479 e. The van der Waals surface area contributed by atoms with Gasteiger partial charge in [0.2, 0.25) is 5.91 Å². The minimum atomic E-state index is -1.13. The monoisotopic (exact) mass is 466 g/mol. The zero-order chi connectivity index (χ0) is 24.5. The average Bonchev–Trinajstić information content (AvgIpc) is 3.38. The summed E-state index contributed by atoms with van der Waals surface area (Å²) >= 11 is 0. The van der Waals surface area contributed by atoms with E-state index in [4.69, 9.17) is 9.47 Å². The van der Waals surface area contributed by atoms with Crippen molar-refractivity contribution in [3.05, 3.63) is 59.7 Å². The third kappa shape index (κ3) is 4.77. The number of carbonyl (C=O) groups excluding carboxylic acids is 2. The van der Waals surface area contributed by atoms with Crippen LogP contribution in [0.3, 0.4) is 0 Å². The van der Waals surface area contributed by atoms with Gasteiger partial charge >= 0.3 is 12.1 Å². The highest BCUT2D eigenvalue weighted by Gasteiger charge is 2.40. The molecule has 34 heavy (non-hydrogen) atoms. The minimum absolute atomic E-state index is 0.0907. The number of aliphatic carboxylic acids is 1. The van der Waals surface area contributed by atoms with Crippen LogP contribution in [0, 0.1) is 5.41 Å². The van der Waals surface area contributed by atoms with E-state index in [0.29, 0.717) is 6.42 Å². The quantitative estimate of drug-likeness (QED) is 0.602. The smallest absolute Gasteiger partial charge is 0.407 e. The van der Waals surface area contributed by atoms with Crippen LogP contribution >= 0.6 is 0 Å². The van der Waals surface area contributed by atoms with E-state index in [1.165, 1.54) is 0 Å². The summed E-state index contributed by atoms with van der Waals surface area (Å²) in [6, 6.07) is 14.5. The molecule has 1 heterocycles. The van der Waals surface area contributed by atoms with Crippen LogP contribution in [0.25, 0.3) is 11.1 Å². The van der Waals surface area contributed by atoms with Crippen LogP contribution in [-0.4, -0.2) is 54.5 Å². The molecule has 0 bridgehead atoms. The number of rotatable bonds is 6. The summed E-state index contributed by atoms with van der Waals surface area (Å²) in [5.74, 6) is -1.69. The van der Waals surface area contributed by atoms with Gasteiger partial charge in [-0.3, -0.25) is 4.79 Å². The molecule has 1 saturated heterocycles. The van der Waals surface area contributed by atoms with Crippen molar-refractivity contribution in [3.63, 3.8) is 0 Å². The highest BCUT2D eigenvalue weighted by atomic mass is 16.5. The third-order valence-corrected chi connectivity index (χ3v) is 6.40. The summed E-state index contributed by atoms with van der Waals surface area (Å²) in [5, 5.41) is 14.7. The zero-order valence-corrected chi connectivity index (χ0v) is 19.5. The number of nitrogens with one attached hydrogen (secondary N) is 2. The number of carboxylic acid groups (broad SMARTS) is 1. The van der Waals surface area contributed by atoms with Crippen LogP contribution in [0.2, 0.25) is 0 Å². The Balaban J connectivity index is 1.42. The molecular weight excluding hydrogens is 436 g/mol. The number of hydrogen-bond acceptors (Lipinski definition) is 5. The van der Waals surface area contributed by atoms with Crippen molar-refractivity contribution in [3.8, 4) is 11.1 Å². The van der Waals surface area contributed by atoms with Gasteiger partial charge in [0.15, 0.2) is 6.10 Å². The SMILES string of the molecule is CC(C)(C)[C@H](NC(=O)OCC1c2ccccc2-c2ccccc21)C(=O)NC1CCOC1C(=O)O. The molecule has 8 heteroatoms. The van der Waals surface area contributed by atoms with Gasteiger partial charge in [-0.1, -0.05) is 69.3 Å². The average molecular weight is 467 g/mol. The van der Waals surface area contributed by atoms with Crippen molar-refractivity contribution in [1.29, 1.82) is 0 Å². The molecule has 0 aromatic heterocycles. The number of amides is 2. The van der Waals surface area contributed by atoms with Crippen molar-refractivity contribution in [2.45, 2.75) is 51.3 Å². The second-order valence-corrected chi connectivity index (χ2v) is 9.80. The lowest BCUT2D eigenvalue weighted by atomic mass is 9.86. The molecule has 2 aliphatic rings. The summed E-state index contributed by atoms with van der Waals surface area (Å²) in [6.07, 6.45) is -1.40. The van der Waals surface area contributed by atoms with Crippen molar-refractivity contribution >= 4 is 18.0 Å². The van der Waals surface area contributed by atoms with E-state index in [1.807, 2.05) is 57.2 Å². The molecule has 8 nitrogen and oxygen atoms in total. The van der Waals surface area contributed by atoms with Crippen molar-refractivity contribution in [2.24, 2.45) is 5.41 Å². The predicted octanol–water partition coefficient (Wildman–Crippen LogP) is 3.30. The first-order valence-corrected chi connectivity index (χ1v) is 11.4. The summed E-state index contributed by atoms with van der Waals surface area (Å²) in [4.78, 5) is 37.1. The fourth-order valence-electron chi connectivity index (χ4n) is 4.68. The van der Waals surface area contributed by atoms with Gasteiger partial charge in [0.25, 0.3) is 0 Å². The fraction of sp³-hybridized carbons (Fsp3) is 0.423. The topological polar surface area (TPSA) is 114 Å². The zero-order valence-electron chi connectivity index (χ0n) is 19.5. The molecule has 0 radical (unpaired) electrons. The number of carboxylic acids is 1. The molecule has 0 spiro atoms. The molecule has 2 aromatic carbocycles. The maximum absolute atomic E-state index is 13.0. The molecule has 1 aliphatic heterocycles.